The van der Waals surface area contributed by atoms with Gasteiger partial charge in [0.1, 0.15) is 0 Å². The van der Waals surface area contributed by atoms with Crippen LogP contribution in [-0.4, -0.2) is 30.1 Å². The standard InChI is InChI=1S/C10H12BrF3N2O/c1-15(2)3-4-16-6-7(10(12,13)14)5-8(11)9(16)17/h5-6H,3-4H2,1-2H3. The Kier molecular flexibility index (Phi) is 4.37. The molecule has 0 aromatic carbocycles. The van der Waals surface area contributed by atoms with E-state index in [2.05, 4.69) is 15.9 Å². The van der Waals surface area contributed by atoms with Crippen LogP contribution < -0.4 is 5.56 Å². The molecule has 0 saturated heterocycles. The molecule has 0 bridgehead atoms. The summed E-state index contributed by atoms with van der Waals surface area (Å²) < 4.78 is 38.6. The third-order valence-corrected chi connectivity index (χ3v) is 2.73. The lowest BCUT2D eigenvalue weighted by Gasteiger charge is -2.14. The van der Waals surface area contributed by atoms with Crippen molar-refractivity contribution in [2.24, 2.45) is 0 Å². The Labute approximate surface area is 105 Å². The topological polar surface area (TPSA) is 25.2 Å². The van der Waals surface area contributed by atoms with Gasteiger partial charge in [0.15, 0.2) is 0 Å². The van der Waals surface area contributed by atoms with Crippen LogP contribution in [0.25, 0.3) is 0 Å². The third kappa shape index (κ3) is 3.85. The Hall–Kier alpha value is -0.820. The van der Waals surface area contributed by atoms with Gasteiger partial charge in [-0.3, -0.25) is 4.79 Å². The molecule has 0 fully saturated rings. The molecule has 1 heterocycles. The van der Waals surface area contributed by atoms with E-state index in [1.807, 2.05) is 0 Å². The first-order chi connectivity index (χ1) is 7.71. The minimum absolute atomic E-state index is 0.0777. The number of nitrogens with zero attached hydrogens (tertiary/aromatic N) is 2. The molecule has 0 unspecified atom stereocenters. The van der Waals surface area contributed by atoms with Gasteiger partial charge >= 0.3 is 6.18 Å². The van der Waals surface area contributed by atoms with Crippen molar-refractivity contribution in [2.45, 2.75) is 12.7 Å². The lowest BCUT2D eigenvalue weighted by molar-refractivity contribution is -0.138. The molecule has 0 aliphatic heterocycles. The zero-order valence-corrected chi connectivity index (χ0v) is 11.0. The lowest BCUT2D eigenvalue weighted by atomic mass is 10.3. The van der Waals surface area contributed by atoms with Gasteiger partial charge < -0.3 is 9.47 Å². The minimum atomic E-state index is -4.45. The average Bonchev–Trinajstić information content (AvgIpc) is 2.18. The van der Waals surface area contributed by atoms with Crippen LogP contribution in [0.3, 0.4) is 0 Å². The monoisotopic (exact) mass is 312 g/mol. The Morgan fingerprint density at radius 2 is 2.00 bits per heavy atom. The van der Waals surface area contributed by atoms with Gasteiger partial charge in [0.25, 0.3) is 5.56 Å². The van der Waals surface area contributed by atoms with E-state index in [0.29, 0.717) is 6.54 Å². The number of hydrogen-bond acceptors (Lipinski definition) is 2. The number of rotatable bonds is 3. The molecule has 7 heteroatoms. The molecule has 0 spiro atoms. The second kappa shape index (κ2) is 5.22. The number of likely N-dealkylation sites (N-methyl/N-ethyl adjacent to an activating group) is 1. The first-order valence-electron chi connectivity index (χ1n) is 4.83. The number of alkyl halides is 3. The fourth-order valence-electron chi connectivity index (χ4n) is 1.23. The molecule has 0 aliphatic carbocycles. The molecule has 17 heavy (non-hydrogen) atoms. The average molecular weight is 313 g/mol. The van der Waals surface area contributed by atoms with E-state index in [0.717, 1.165) is 16.8 Å². The van der Waals surface area contributed by atoms with Crippen LogP contribution in [0.5, 0.6) is 0 Å². The van der Waals surface area contributed by atoms with Crippen molar-refractivity contribution in [1.82, 2.24) is 9.47 Å². The zero-order chi connectivity index (χ0) is 13.2. The third-order valence-electron chi connectivity index (χ3n) is 2.16. The Balaban J connectivity index is 3.12. The van der Waals surface area contributed by atoms with Crippen molar-refractivity contribution >= 4 is 15.9 Å². The Morgan fingerprint density at radius 1 is 1.41 bits per heavy atom. The number of halogens is 4. The molecule has 1 rings (SSSR count). The summed E-state index contributed by atoms with van der Waals surface area (Å²) in [5, 5.41) is 0. The number of hydrogen-bond donors (Lipinski definition) is 0. The zero-order valence-electron chi connectivity index (χ0n) is 9.38. The maximum absolute atomic E-state index is 12.5. The van der Waals surface area contributed by atoms with Crippen molar-refractivity contribution in [3.8, 4) is 0 Å². The molecule has 1 aromatic heterocycles. The summed E-state index contributed by atoms with van der Waals surface area (Å²) >= 11 is 2.85. The van der Waals surface area contributed by atoms with E-state index >= 15 is 0 Å². The van der Waals surface area contributed by atoms with Crippen molar-refractivity contribution in [1.29, 1.82) is 0 Å². The fraction of sp³-hybridized carbons (Fsp3) is 0.500. The minimum Gasteiger partial charge on any atom is -0.313 e. The number of aromatic nitrogens is 1. The molecule has 96 valence electrons. The van der Waals surface area contributed by atoms with Gasteiger partial charge in [-0.1, -0.05) is 0 Å². The summed E-state index contributed by atoms with van der Waals surface area (Å²) in [6.07, 6.45) is -3.60. The first-order valence-corrected chi connectivity index (χ1v) is 5.63. The van der Waals surface area contributed by atoms with Gasteiger partial charge in [0.05, 0.1) is 10.0 Å². The summed E-state index contributed by atoms with van der Waals surface area (Å²) in [5.74, 6) is 0. The maximum atomic E-state index is 12.5. The van der Waals surface area contributed by atoms with Crippen LogP contribution in [0.4, 0.5) is 13.2 Å². The van der Waals surface area contributed by atoms with Gasteiger partial charge in [-0.15, -0.1) is 0 Å². The van der Waals surface area contributed by atoms with E-state index in [1.54, 1.807) is 19.0 Å². The van der Waals surface area contributed by atoms with Crippen LogP contribution in [0, 0.1) is 0 Å². The van der Waals surface area contributed by atoms with E-state index in [4.69, 9.17) is 0 Å². The number of pyridine rings is 1. The predicted octanol–water partition coefficient (Wildman–Crippen LogP) is 2.19. The second-order valence-corrected chi connectivity index (χ2v) is 4.73. The smallest absolute Gasteiger partial charge is 0.313 e. The van der Waals surface area contributed by atoms with Crippen LogP contribution in [-0.2, 0) is 12.7 Å². The summed E-state index contributed by atoms with van der Waals surface area (Å²) in [4.78, 5) is 13.4. The summed E-state index contributed by atoms with van der Waals surface area (Å²) in [5.41, 5.74) is -1.29. The van der Waals surface area contributed by atoms with Crippen molar-refractivity contribution in [3.05, 3.63) is 32.7 Å². The van der Waals surface area contributed by atoms with Gasteiger partial charge in [-0.25, -0.2) is 0 Å². The first kappa shape index (κ1) is 14.2. The van der Waals surface area contributed by atoms with Crippen LogP contribution in [0.2, 0.25) is 0 Å². The molecule has 0 saturated carbocycles. The van der Waals surface area contributed by atoms with E-state index in [1.165, 1.54) is 0 Å². The highest BCUT2D eigenvalue weighted by atomic mass is 79.9. The maximum Gasteiger partial charge on any atom is 0.417 e. The quantitative estimate of drug-likeness (QED) is 0.855. The molecular formula is C10H12BrF3N2O. The highest BCUT2D eigenvalue weighted by Gasteiger charge is 2.31. The largest absolute Gasteiger partial charge is 0.417 e. The Morgan fingerprint density at radius 3 is 2.47 bits per heavy atom. The fourth-order valence-corrected chi connectivity index (χ4v) is 1.70. The van der Waals surface area contributed by atoms with Gasteiger partial charge in [-0.05, 0) is 36.1 Å². The molecule has 0 aliphatic rings. The van der Waals surface area contributed by atoms with E-state index in [-0.39, 0.29) is 11.0 Å². The van der Waals surface area contributed by atoms with Crippen molar-refractivity contribution in [3.63, 3.8) is 0 Å². The molecule has 0 radical (unpaired) electrons. The van der Waals surface area contributed by atoms with Crippen molar-refractivity contribution < 1.29 is 13.2 Å². The van der Waals surface area contributed by atoms with Crippen LogP contribution in [0.1, 0.15) is 5.56 Å². The highest BCUT2D eigenvalue weighted by molar-refractivity contribution is 9.10. The Bertz CT molecular complexity index is 454. The van der Waals surface area contributed by atoms with E-state index in [9.17, 15) is 18.0 Å². The molecule has 0 amide bonds. The summed E-state index contributed by atoms with van der Waals surface area (Å²) in [6.45, 7) is 0.710. The molecular weight excluding hydrogens is 301 g/mol. The predicted molar refractivity (Wildman–Crippen MR) is 62.0 cm³/mol. The SMILES string of the molecule is CN(C)CCn1cc(C(F)(F)F)cc(Br)c1=O. The van der Waals surface area contributed by atoms with Crippen LogP contribution in [0.15, 0.2) is 21.5 Å². The molecule has 1 aromatic rings. The van der Waals surface area contributed by atoms with Gasteiger partial charge in [-0.2, -0.15) is 13.2 Å². The normalized spacial score (nSPS) is 12.2. The van der Waals surface area contributed by atoms with Gasteiger partial charge in [0, 0.05) is 19.3 Å². The van der Waals surface area contributed by atoms with Crippen LogP contribution >= 0.6 is 15.9 Å². The highest BCUT2D eigenvalue weighted by Crippen LogP contribution is 2.29. The molecule has 0 N–H and O–H groups in total. The van der Waals surface area contributed by atoms with Crippen molar-refractivity contribution in [2.75, 3.05) is 20.6 Å². The van der Waals surface area contributed by atoms with E-state index < -0.39 is 17.3 Å². The summed E-state index contributed by atoms with van der Waals surface area (Å²) in [7, 11) is 3.57. The van der Waals surface area contributed by atoms with Gasteiger partial charge in [0.2, 0.25) is 0 Å². The summed E-state index contributed by atoms with van der Waals surface area (Å²) in [6, 6.07) is 0.800. The second-order valence-electron chi connectivity index (χ2n) is 3.88. The lowest BCUT2D eigenvalue weighted by Crippen LogP contribution is -2.28. The molecule has 3 nitrogen and oxygen atoms in total. The molecule has 0 atom stereocenters.